The van der Waals surface area contributed by atoms with Crippen LogP contribution in [0.25, 0.3) is 0 Å². The van der Waals surface area contributed by atoms with Crippen LogP contribution in [0.5, 0.6) is 0 Å². The number of thiophene rings is 1. The Morgan fingerprint density at radius 2 is 2.21 bits per heavy atom. The van der Waals surface area contributed by atoms with Gasteiger partial charge in [0, 0.05) is 15.8 Å². The third-order valence-corrected chi connectivity index (χ3v) is 4.31. The van der Waals surface area contributed by atoms with Gasteiger partial charge in [0.15, 0.2) is 0 Å². The minimum absolute atomic E-state index is 0.607. The zero-order valence-electron chi connectivity index (χ0n) is 9.10. The van der Waals surface area contributed by atoms with Crippen molar-refractivity contribution in [3.63, 3.8) is 0 Å². The maximum atomic E-state index is 3.30. The Morgan fingerprint density at radius 3 is 2.93 bits per heavy atom. The Morgan fingerprint density at radius 1 is 1.43 bits per heavy atom. The van der Waals surface area contributed by atoms with Gasteiger partial charge in [-0.1, -0.05) is 0 Å². The molecule has 2 rings (SSSR count). The predicted molar refractivity (Wildman–Crippen MR) is 63.2 cm³/mol. The zero-order valence-corrected chi connectivity index (χ0v) is 9.91. The van der Waals surface area contributed by atoms with Crippen molar-refractivity contribution in [1.82, 2.24) is 5.32 Å². The third-order valence-electron chi connectivity index (χ3n) is 3.05. The van der Waals surface area contributed by atoms with E-state index in [1.165, 1.54) is 32.1 Å². The van der Waals surface area contributed by atoms with Gasteiger partial charge in [0.1, 0.15) is 0 Å². The normalized spacial score (nSPS) is 17.9. The van der Waals surface area contributed by atoms with Crippen LogP contribution in [0.3, 0.4) is 0 Å². The van der Waals surface area contributed by atoms with Crippen molar-refractivity contribution >= 4 is 11.3 Å². The molecule has 0 saturated heterocycles. The number of hydrogen-bond acceptors (Lipinski definition) is 2. The molecule has 0 amide bonds. The van der Waals surface area contributed by atoms with E-state index in [0.29, 0.717) is 6.04 Å². The number of likely N-dealkylation sites (N-methyl/N-ethyl adjacent to an activating group) is 1. The number of aryl methyl sites for hydroxylation is 2. The molecule has 1 heterocycles. The van der Waals surface area contributed by atoms with Crippen LogP contribution >= 0.6 is 11.3 Å². The highest BCUT2D eigenvalue weighted by atomic mass is 32.1. The van der Waals surface area contributed by atoms with Gasteiger partial charge >= 0.3 is 0 Å². The van der Waals surface area contributed by atoms with Crippen LogP contribution < -0.4 is 5.32 Å². The summed E-state index contributed by atoms with van der Waals surface area (Å²) in [5.74, 6) is 0. The average Bonchev–Trinajstić information content (AvgIpc) is 2.59. The molecule has 0 radical (unpaired) electrons. The average molecular weight is 209 g/mol. The lowest BCUT2D eigenvalue weighted by atomic mass is 9.99. The Balaban J connectivity index is 2.08. The summed E-state index contributed by atoms with van der Waals surface area (Å²) in [5, 5.41) is 3.30. The summed E-state index contributed by atoms with van der Waals surface area (Å²) < 4.78 is 0. The van der Waals surface area contributed by atoms with Crippen molar-refractivity contribution < 1.29 is 0 Å². The molecule has 1 aliphatic rings. The zero-order chi connectivity index (χ0) is 9.97. The van der Waals surface area contributed by atoms with E-state index in [1.54, 1.807) is 15.3 Å². The van der Waals surface area contributed by atoms with Gasteiger partial charge in [0.2, 0.25) is 0 Å². The van der Waals surface area contributed by atoms with E-state index in [-0.39, 0.29) is 0 Å². The highest BCUT2D eigenvalue weighted by Crippen LogP contribution is 2.30. The molecule has 0 spiro atoms. The van der Waals surface area contributed by atoms with Crippen molar-refractivity contribution in [3.05, 3.63) is 21.4 Å². The van der Waals surface area contributed by atoms with E-state index in [0.717, 1.165) is 0 Å². The molecule has 2 heteroatoms. The van der Waals surface area contributed by atoms with Gasteiger partial charge in [-0.2, -0.15) is 0 Å². The maximum Gasteiger partial charge on any atom is 0.00840 e. The molecule has 1 N–H and O–H groups in total. The molecule has 1 aromatic rings. The molecular weight excluding hydrogens is 190 g/mol. The largest absolute Gasteiger partial charge is 0.317 e. The molecule has 0 saturated carbocycles. The fourth-order valence-corrected chi connectivity index (χ4v) is 3.45. The molecule has 0 aromatic carbocycles. The van der Waals surface area contributed by atoms with E-state index in [2.05, 4.69) is 18.3 Å². The highest BCUT2D eigenvalue weighted by molar-refractivity contribution is 7.12. The first-order valence-corrected chi connectivity index (χ1v) is 6.39. The van der Waals surface area contributed by atoms with Crippen LogP contribution in [-0.4, -0.2) is 13.1 Å². The van der Waals surface area contributed by atoms with Crippen LogP contribution in [0, 0.1) is 0 Å². The standard InChI is InChI=1S/C12H19NS/c1-9(13-2)7-11-8-10-5-3-4-6-12(10)14-11/h8-9,13H,3-7H2,1-2H3. The fraction of sp³-hybridized carbons (Fsp3) is 0.667. The van der Waals surface area contributed by atoms with Gasteiger partial charge in [-0.05, 0) is 57.7 Å². The van der Waals surface area contributed by atoms with Crippen LogP contribution in [0.1, 0.15) is 35.1 Å². The van der Waals surface area contributed by atoms with Crippen LogP contribution in [-0.2, 0) is 19.3 Å². The molecule has 1 aromatic heterocycles. The number of rotatable bonds is 3. The summed E-state index contributed by atoms with van der Waals surface area (Å²) in [6.07, 6.45) is 6.63. The van der Waals surface area contributed by atoms with E-state index in [4.69, 9.17) is 0 Å². The molecule has 78 valence electrons. The van der Waals surface area contributed by atoms with Crippen LogP contribution in [0.15, 0.2) is 6.07 Å². The summed E-state index contributed by atoms with van der Waals surface area (Å²) in [6, 6.07) is 3.04. The Bertz CT molecular complexity index is 280. The SMILES string of the molecule is CNC(C)Cc1cc2c(s1)CCCC2. The summed E-state index contributed by atoms with van der Waals surface area (Å²) in [4.78, 5) is 3.23. The van der Waals surface area contributed by atoms with Crippen molar-refractivity contribution in [2.75, 3.05) is 7.05 Å². The monoisotopic (exact) mass is 209 g/mol. The second-order valence-corrected chi connectivity index (χ2v) is 5.48. The third kappa shape index (κ3) is 2.18. The highest BCUT2D eigenvalue weighted by Gasteiger charge is 2.13. The van der Waals surface area contributed by atoms with Gasteiger partial charge in [0.05, 0.1) is 0 Å². The topological polar surface area (TPSA) is 12.0 Å². The predicted octanol–water partition coefficient (Wildman–Crippen LogP) is 2.78. The van der Waals surface area contributed by atoms with Gasteiger partial charge < -0.3 is 5.32 Å². The summed E-state index contributed by atoms with van der Waals surface area (Å²) in [5.41, 5.74) is 1.64. The lowest BCUT2D eigenvalue weighted by Gasteiger charge is -2.08. The molecule has 0 aliphatic heterocycles. The van der Waals surface area contributed by atoms with E-state index in [9.17, 15) is 0 Å². The van der Waals surface area contributed by atoms with Crippen molar-refractivity contribution in [2.45, 2.75) is 45.1 Å². The van der Waals surface area contributed by atoms with Gasteiger partial charge in [-0.25, -0.2) is 0 Å². The lowest BCUT2D eigenvalue weighted by molar-refractivity contribution is 0.613. The molecule has 1 atom stereocenters. The van der Waals surface area contributed by atoms with Gasteiger partial charge in [0.25, 0.3) is 0 Å². The number of fused-ring (bicyclic) bond motifs is 1. The Labute approximate surface area is 90.5 Å². The van der Waals surface area contributed by atoms with E-state index in [1.807, 2.05) is 18.4 Å². The second kappa shape index (κ2) is 4.45. The minimum atomic E-state index is 0.607. The second-order valence-electron chi connectivity index (χ2n) is 4.26. The van der Waals surface area contributed by atoms with Gasteiger partial charge in [-0.3, -0.25) is 0 Å². The van der Waals surface area contributed by atoms with Crippen molar-refractivity contribution in [2.24, 2.45) is 0 Å². The molecular formula is C12H19NS. The van der Waals surface area contributed by atoms with Crippen LogP contribution in [0.2, 0.25) is 0 Å². The molecule has 14 heavy (non-hydrogen) atoms. The fourth-order valence-electron chi connectivity index (χ4n) is 2.06. The Hall–Kier alpha value is -0.340. The lowest BCUT2D eigenvalue weighted by Crippen LogP contribution is -2.22. The first-order valence-electron chi connectivity index (χ1n) is 5.57. The van der Waals surface area contributed by atoms with Crippen LogP contribution in [0.4, 0.5) is 0 Å². The number of hydrogen-bond donors (Lipinski definition) is 1. The summed E-state index contributed by atoms with van der Waals surface area (Å²) in [7, 11) is 2.04. The molecule has 0 fully saturated rings. The van der Waals surface area contributed by atoms with E-state index >= 15 is 0 Å². The molecule has 1 unspecified atom stereocenters. The first kappa shape index (κ1) is 10.2. The number of nitrogens with one attached hydrogen (secondary N) is 1. The quantitative estimate of drug-likeness (QED) is 0.807. The molecule has 1 aliphatic carbocycles. The molecule has 0 bridgehead atoms. The Kier molecular flexibility index (Phi) is 3.24. The minimum Gasteiger partial charge on any atom is -0.317 e. The van der Waals surface area contributed by atoms with Crippen molar-refractivity contribution in [3.8, 4) is 0 Å². The smallest absolute Gasteiger partial charge is 0.00840 e. The maximum absolute atomic E-state index is 3.30. The molecule has 1 nitrogen and oxygen atoms in total. The summed E-state index contributed by atoms with van der Waals surface area (Å²) in [6.45, 7) is 2.25. The van der Waals surface area contributed by atoms with Crippen molar-refractivity contribution in [1.29, 1.82) is 0 Å². The van der Waals surface area contributed by atoms with E-state index < -0.39 is 0 Å². The summed E-state index contributed by atoms with van der Waals surface area (Å²) >= 11 is 2.04. The van der Waals surface area contributed by atoms with Gasteiger partial charge in [-0.15, -0.1) is 11.3 Å². The first-order chi connectivity index (χ1) is 6.79.